The molecule has 1 aliphatic heterocycles. The Bertz CT molecular complexity index is 1030. The number of cyclic esters (lactones) is 1. The molecule has 1 aliphatic rings. The van der Waals surface area contributed by atoms with E-state index in [4.69, 9.17) is 4.74 Å². The first-order valence-corrected chi connectivity index (χ1v) is 17.2. The van der Waals surface area contributed by atoms with Gasteiger partial charge in [-0.3, -0.25) is 24.0 Å². The van der Waals surface area contributed by atoms with Gasteiger partial charge in [-0.15, -0.1) is 0 Å². The highest BCUT2D eigenvalue weighted by atomic mass is 16.5. The van der Waals surface area contributed by atoms with Gasteiger partial charge in [0, 0.05) is 0 Å². The SMILES string of the molecule is CCCCCC[C@H](C)C[C@H](C)[C@H]1OC(=O)[C@H](C)NC(=O)[C@H](C)NC(=O)[C@H](CC(C)C)NC(=O)[C@H](C(C)C)NC(=O)CNC(=O)[C@@H]1C. The lowest BCUT2D eigenvalue weighted by Gasteiger charge is -2.31. The smallest absolute Gasteiger partial charge is 0.328 e. The lowest BCUT2D eigenvalue weighted by atomic mass is 9.84. The molecule has 0 aliphatic carbocycles. The largest absolute Gasteiger partial charge is 0.460 e. The topological polar surface area (TPSA) is 172 Å². The first-order valence-electron chi connectivity index (χ1n) is 17.2. The summed E-state index contributed by atoms with van der Waals surface area (Å²) in [7, 11) is 0. The van der Waals surface area contributed by atoms with Gasteiger partial charge < -0.3 is 31.3 Å². The predicted octanol–water partition coefficient (Wildman–Crippen LogP) is 2.98. The van der Waals surface area contributed by atoms with Gasteiger partial charge in [0.2, 0.25) is 29.5 Å². The molecule has 5 N–H and O–H groups in total. The quantitative estimate of drug-likeness (QED) is 0.169. The van der Waals surface area contributed by atoms with E-state index in [0.717, 1.165) is 25.7 Å². The Hall–Kier alpha value is -3.18. The minimum atomic E-state index is -1.06. The average Bonchev–Trinajstić information content (AvgIpc) is 2.97. The molecule has 1 heterocycles. The zero-order chi connectivity index (χ0) is 35.1. The Morgan fingerprint density at radius 1 is 0.739 bits per heavy atom. The van der Waals surface area contributed by atoms with Crippen molar-refractivity contribution in [1.29, 1.82) is 0 Å². The molecular formula is C34H61N5O7. The highest BCUT2D eigenvalue weighted by Crippen LogP contribution is 2.27. The van der Waals surface area contributed by atoms with E-state index >= 15 is 0 Å². The van der Waals surface area contributed by atoms with Gasteiger partial charge in [0.25, 0.3) is 0 Å². The van der Waals surface area contributed by atoms with Gasteiger partial charge in [0.15, 0.2) is 0 Å². The van der Waals surface area contributed by atoms with E-state index in [2.05, 4.69) is 40.4 Å². The van der Waals surface area contributed by atoms with Gasteiger partial charge in [0.1, 0.15) is 30.3 Å². The summed E-state index contributed by atoms with van der Waals surface area (Å²) in [5.74, 6) is -4.43. The summed E-state index contributed by atoms with van der Waals surface area (Å²) in [4.78, 5) is 79.0. The van der Waals surface area contributed by atoms with Gasteiger partial charge in [-0.25, -0.2) is 4.79 Å². The second kappa shape index (κ2) is 20.1. The maximum atomic E-state index is 13.3. The Kier molecular flexibility index (Phi) is 17.9. The van der Waals surface area contributed by atoms with Crippen molar-refractivity contribution in [2.24, 2.45) is 29.6 Å². The Balaban J connectivity index is 3.33. The van der Waals surface area contributed by atoms with Crippen LogP contribution in [0.2, 0.25) is 0 Å². The molecule has 0 aromatic heterocycles. The van der Waals surface area contributed by atoms with Crippen molar-refractivity contribution < 1.29 is 33.5 Å². The molecule has 0 saturated carbocycles. The Labute approximate surface area is 276 Å². The van der Waals surface area contributed by atoms with Gasteiger partial charge >= 0.3 is 5.97 Å². The lowest BCUT2D eigenvalue weighted by molar-refractivity contribution is -0.160. The third kappa shape index (κ3) is 14.1. The minimum absolute atomic E-state index is 0.0280. The highest BCUT2D eigenvalue weighted by molar-refractivity contribution is 5.95. The van der Waals surface area contributed by atoms with Crippen molar-refractivity contribution in [2.75, 3.05) is 6.54 Å². The molecule has 0 radical (unpaired) electrons. The molecule has 12 nitrogen and oxygen atoms in total. The summed E-state index contributed by atoms with van der Waals surface area (Å²) >= 11 is 0. The van der Waals surface area contributed by atoms with E-state index in [1.165, 1.54) is 20.3 Å². The molecule has 8 atom stereocenters. The van der Waals surface area contributed by atoms with E-state index < -0.39 is 71.7 Å². The van der Waals surface area contributed by atoms with Crippen LogP contribution in [0.5, 0.6) is 0 Å². The number of rotatable bonds is 11. The van der Waals surface area contributed by atoms with Crippen LogP contribution in [0, 0.1) is 29.6 Å². The lowest BCUT2D eigenvalue weighted by Crippen LogP contribution is -2.58. The van der Waals surface area contributed by atoms with Crippen LogP contribution in [-0.2, 0) is 33.5 Å². The zero-order valence-electron chi connectivity index (χ0n) is 29.8. The fourth-order valence-corrected chi connectivity index (χ4v) is 5.73. The summed E-state index contributed by atoms with van der Waals surface area (Å²) in [5, 5.41) is 13.3. The van der Waals surface area contributed by atoms with Crippen LogP contribution in [0.25, 0.3) is 0 Å². The van der Waals surface area contributed by atoms with Crippen LogP contribution in [-0.4, -0.2) is 72.3 Å². The van der Waals surface area contributed by atoms with Crippen molar-refractivity contribution in [3.05, 3.63) is 0 Å². The predicted molar refractivity (Wildman–Crippen MR) is 177 cm³/mol. The van der Waals surface area contributed by atoms with Crippen molar-refractivity contribution in [3.8, 4) is 0 Å². The third-order valence-corrected chi connectivity index (χ3v) is 8.54. The van der Waals surface area contributed by atoms with E-state index in [1.54, 1.807) is 20.8 Å². The number of esters is 1. The van der Waals surface area contributed by atoms with Gasteiger partial charge in [-0.1, -0.05) is 87.5 Å². The summed E-state index contributed by atoms with van der Waals surface area (Å²) in [6, 6.07) is -4.03. The molecule has 1 rings (SSSR count). The molecule has 0 bridgehead atoms. The van der Waals surface area contributed by atoms with E-state index in [9.17, 15) is 28.8 Å². The van der Waals surface area contributed by atoms with Crippen molar-refractivity contribution in [2.45, 2.75) is 144 Å². The van der Waals surface area contributed by atoms with Crippen LogP contribution in [0.3, 0.4) is 0 Å². The van der Waals surface area contributed by atoms with Crippen LogP contribution in [0.1, 0.15) is 114 Å². The molecule has 0 aromatic rings. The van der Waals surface area contributed by atoms with Crippen LogP contribution in [0.4, 0.5) is 0 Å². The highest BCUT2D eigenvalue weighted by Gasteiger charge is 2.36. The second-order valence-electron chi connectivity index (χ2n) is 14.0. The number of nitrogens with one attached hydrogen (secondary N) is 5. The second-order valence-corrected chi connectivity index (χ2v) is 14.0. The van der Waals surface area contributed by atoms with Crippen LogP contribution >= 0.6 is 0 Å². The number of hydrogen-bond donors (Lipinski definition) is 5. The fourth-order valence-electron chi connectivity index (χ4n) is 5.73. The third-order valence-electron chi connectivity index (χ3n) is 8.54. The van der Waals surface area contributed by atoms with Crippen molar-refractivity contribution in [1.82, 2.24) is 26.6 Å². The molecule has 0 spiro atoms. The van der Waals surface area contributed by atoms with E-state index in [-0.39, 0.29) is 30.7 Å². The molecule has 1 saturated heterocycles. The van der Waals surface area contributed by atoms with Crippen molar-refractivity contribution in [3.63, 3.8) is 0 Å². The van der Waals surface area contributed by atoms with Gasteiger partial charge in [-0.05, 0) is 50.4 Å². The standard InChI is InChI=1S/C34H61N5O7/c1-11-12-13-14-15-21(6)17-22(7)29-23(8)30(41)35-18-27(40)39-28(20(4)5)33(44)38-26(16-19(2)3)32(43)36-24(9)31(42)37-25(10)34(45)46-29/h19-26,28-29H,11-18H2,1-10H3,(H,35,41)(H,36,43)(H,37,42)(H,38,44)(H,39,40)/t21-,22-,23+,24-,25-,26-,28-,29+/m0/s1. The Morgan fingerprint density at radius 2 is 1.37 bits per heavy atom. The number of carbonyl (C=O) groups excluding carboxylic acids is 6. The summed E-state index contributed by atoms with van der Waals surface area (Å²) in [6.45, 7) is 17.8. The average molecular weight is 652 g/mol. The number of ether oxygens (including phenoxy) is 1. The van der Waals surface area contributed by atoms with Crippen LogP contribution < -0.4 is 26.6 Å². The molecule has 5 amide bonds. The zero-order valence-corrected chi connectivity index (χ0v) is 29.8. The van der Waals surface area contributed by atoms with Crippen molar-refractivity contribution >= 4 is 35.5 Å². The summed E-state index contributed by atoms with van der Waals surface area (Å²) < 4.78 is 5.91. The number of hydrogen-bond acceptors (Lipinski definition) is 7. The molecule has 1 fully saturated rings. The van der Waals surface area contributed by atoms with E-state index in [0.29, 0.717) is 12.3 Å². The molecule has 12 heteroatoms. The summed E-state index contributed by atoms with van der Waals surface area (Å²) in [6.07, 6.45) is 5.79. The van der Waals surface area contributed by atoms with Gasteiger partial charge in [0.05, 0.1) is 12.5 Å². The van der Waals surface area contributed by atoms with E-state index in [1.807, 2.05) is 20.8 Å². The molecule has 0 aromatic carbocycles. The maximum Gasteiger partial charge on any atom is 0.328 e. The monoisotopic (exact) mass is 651 g/mol. The number of unbranched alkanes of at least 4 members (excludes halogenated alkanes) is 3. The number of amides is 5. The molecular weight excluding hydrogens is 590 g/mol. The van der Waals surface area contributed by atoms with Gasteiger partial charge in [-0.2, -0.15) is 0 Å². The first kappa shape index (κ1) is 40.8. The number of carbonyl (C=O) groups is 6. The first-order chi connectivity index (χ1) is 21.5. The molecule has 0 unspecified atom stereocenters. The molecule has 264 valence electrons. The fraction of sp³-hybridized carbons (Fsp3) is 0.824. The minimum Gasteiger partial charge on any atom is -0.460 e. The van der Waals surface area contributed by atoms with Crippen LogP contribution in [0.15, 0.2) is 0 Å². The Morgan fingerprint density at radius 3 is 1.96 bits per heavy atom. The normalized spacial score (nSPS) is 27.7. The summed E-state index contributed by atoms with van der Waals surface area (Å²) in [5.41, 5.74) is 0. The molecule has 46 heavy (non-hydrogen) atoms. The maximum absolute atomic E-state index is 13.3.